The first-order valence-electron chi connectivity index (χ1n) is 8.92. The fourth-order valence-electron chi connectivity index (χ4n) is 4.37. The number of halogens is 2. The summed E-state index contributed by atoms with van der Waals surface area (Å²) in [5.41, 5.74) is 0.554. The van der Waals surface area contributed by atoms with Gasteiger partial charge in [0.1, 0.15) is 11.5 Å². The van der Waals surface area contributed by atoms with Gasteiger partial charge in [0.25, 0.3) is 5.91 Å². The first-order chi connectivity index (χ1) is 11.6. The van der Waals surface area contributed by atoms with Crippen LogP contribution in [0.25, 0.3) is 0 Å². The highest BCUT2D eigenvalue weighted by molar-refractivity contribution is 5.92. The lowest BCUT2D eigenvalue weighted by molar-refractivity contribution is -0.124. The Labute approximate surface area is 166 Å². The standard InChI is InChI=1S/C17H25N5O2.2ClH/c1-21(13-6-11-8-16(23)19-9-12(11)7-13)17(24)14-10-22-5-4-18-3-2-15(22)20-14;;/h10-13,18H,2-9H2,1H3,(H,19,23);2*1H/t11-,12+,13-;;/m0../s1. The van der Waals surface area contributed by atoms with Crippen LogP contribution in [0.3, 0.4) is 0 Å². The van der Waals surface area contributed by atoms with Gasteiger partial charge < -0.3 is 20.1 Å². The van der Waals surface area contributed by atoms with Crippen LogP contribution in [0.1, 0.15) is 35.6 Å². The number of nitrogens with one attached hydrogen (secondary N) is 2. The van der Waals surface area contributed by atoms with Gasteiger partial charge in [-0.3, -0.25) is 9.59 Å². The van der Waals surface area contributed by atoms with Crippen molar-refractivity contribution in [3.8, 4) is 0 Å². The van der Waals surface area contributed by atoms with E-state index >= 15 is 0 Å². The molecule has 0 radical (unpaired) electrons. The summed E-state index contributed by atoms with van der Waals surface area (Å²) in [6.45, 7) is 3.45. The molecule has 1 aliphatic carbocycles. The fourth-order valence-corrected chi connectivity index (χ4v) is 4.37. The predicted molar refractivity (Wildman–Crippen MR) is 103 cm³/mol. The molecule has 1 saturated heterocycles. The number of amides is 2. The summed E-state index contributed by atoms with van der Waals surface area (Å²) < 4.78 is 2.10. The lowest BCUT2D eigenvalue weighted by Crippen LogP contribution is -2.38. The van der Waals surface area contributed by atoms with Gasteiger partial charge in [0.05, 0.1) is 0 Å². The molecule has 1 aromatic heterocycles. The second kappa shape index (κ2) is 8.59. The molecule has 4 rings (SSSR count). The lowest BCUT2D eigenvalue weighted by Gasteiger charge is -2.24. The molecule has 0 spiro atoms. The van der Waals surface area contributed by atoms with Gasteiger partial charge in [-0.1, -0.05) is 0 Å². The molecule has 2 aliphatic heterocycles. The van der Waals surface area contributed by atoms with E-state index in [1.54, 1.807) is 0 Å². The number of hydrogen-bond donors (Lipinski definition) is 2. The molecule has 3 atom stereocenters. The number of rotatable bonds is 2. The second-order valence-corrected chi connectivity index (χ2v) is 7.31. The molecular formula is C17H27Cl2N5O2. The van der Waals surface area contributed by atoms with E-state index in [2.05, 4.69) is 20.2 Å². The summed E-state index contributed by atoms with van der Waals surface area (Å²) >= 11 is 0. The highest BCUT2D eigenvalue weighted by Crippen LogP contribution is 2.38. The highest BCUT2D eigenvalue weighted by atomic mass is 35.5. The fraction of sp³-hybridized carbons (Fsp3) is 0.706. The van der Waals surface area contributed by atoms with Crippen LogP contribution in [0.15, 0.2) is 6.20 Å². The first kappa shape index (κ1) is 21.0. The van der Waals surface area contributed by atoms with Crippen molar-refractivity contribution in [2.45, 2.75) is 38.3 Å². The van der Waals surface area contributed by atoms with Crippen molar-refractivity contribution in [3.05, 3.63) is 17.7 Å². The van der Waals surface area contributed by atoms with Crippen LogP contribution in [0.4, 0.5) is 0 Å². The monoisotopic (exact) mass is 403 g/mol. The van der Waals surface area contributed by atoms with E-state index in [9.17, 15) is 9.59 Å². The Morgan fingerprint density at radius 3 is 2.85 bits per heavy atom. The van der Waals surface area contributed by atoms with Crippen molar-refractivity contribution in [3.63, 3.8) is 0 Å². The molecule has 1 aromatic rings. The van der Waals surface area contributed by atoms with Gasteiger partial charge in [-0.25, -0.2) is 4.98 Å². The van der Waals surface area contributed by atoms with Gasteiger partial charge in [-0.05, 0) is 24.7 Å². The molecule has 146 valence electrons. The molecule has 2 amide bonds. The molecule has 9 heteroatoms. The van der Waals surface area contributed by atoms with Crippen molar-refractivity contribution in [2.75, 3.05) is 26.7 Å². The van der Waals surface area contributed by atoms with Crippen molar-refractivity contribution in [1.29, 1.82) is 0 Å². The Balaban J connectivity index is 0.00000121. The zero-order valence-electron chi connectivity index (χ0n) is 14.9. The number of fused-ring (bicyclic) bond motifs is 2. The Kier molecular flexibility index (Phi) is 6.93. The van der Waals surface area contributed by atoms with Gasteiger partial charge in [-0.2, -0.15) is 0 Å². The zero-order valence-corrected chi connectivity index (χ0v) is 16.6. The number of carbonyl (C=O) groups is 2. The highest BCUT2D eigenvalue weighted by Gasteiger charge is 2.41. The molecule has 1 saturated carbocycles. The van der Waals surface area contributed by atoms with Crippen LogP contribution in [0, 0.1) is 11.8 Å². The molecule has 26 heavy (non-hydrogen) atoms. The van der Waals surface area contributed by atoms with Crippen LogP contribution < -0.4 is 10.6 Å². The summed E-state index contributed by atoms with van der Waals surface area (Å²) in [7, 11) is 1.88. The minimum absolute atomic E-state index is 0. The van der Waals surface area contributed by atoms with Crippen LogP contribution in [0.2, 0.25) is 0 Å². The van der Waals surface area contributed by atoms with Gasteiger partial charge >= 0.3 is 0 Å². The quantitative estimate of drug-likeness (QED) is 0.767. The molecule has 7 nitrogen and oxygen atoms in total. The Hall–Kier alpha value is -1.31. The molecule has 2 N–H and O–H groups in total. The molecule has 3 aliphatic rings. The normalized spacial score (nSPS) is 27.1. The average molecular weight is 404 g/mol. The summed E-state index contributed by atoms with van der Waals surface area (Å²) in [5, 5.41) is 6.29. The van der Waals surface area contributed by atoms with Gasteiger partial charge in [-0.15, -0.1) is 24.8 Å². The van der Waals surface area contributed by atoms with Crippen LogP contribution in [-0.2, 0) is 17.8 Å². The Bertz CT molecular complexity index is 642. The van der Waals surface area contributed by atoms with E-state index in [1.165, 1.54) is 0 Å². The van der Waals surface area contributed by atoms with Gasteiger partial charge in [0, 0.05) is 58.3 Å². The number of piperidine rings is 1. The molecule has 3 heterocycles. The van der Waals surface area contributed by atoms with E-state index in [0.29, 0.717) is 24.0 Å². The Morgan fingerprint density at radius 1 is 1.27 bits per heavy atom. The van der Waals surface area contributed by atoms with Crippen LogP contribution in [-0.4, -0.2) is 59.0 Å². The van der Waals surface area contributed by atoms with Crippen molar-refractivity contribution < 1.29 is 9.59 Å². The maximum Gasteiger partial charge on any atom is 0.274 e. The van der Waals surface area contributed by atoms with Gasteiger partial charge in [0.15, 0.2) is 0 Å². The van der Waals surface area contributed by atoms with E-state index in [-0.39, 0.29) is 42.7 Å². The third kappa shape index (κ3) is 4.00. The number of nitrogens with zero attached hydrogens (tertiary/aromatic N) is 3. The molecule has 0 bridgehead atoms. The summed E-state index contributed by atoms with van der Waals surface area (Å²) in [5.74, 6) is 2.08. The second-order valence-electron chi connectivity index (χ2n) is 7.31. The van der Waals surface area contributed by atoms with Crippen molar-refractivity contribution in [2.24, 2.45) is 11.8 Å². The van der Waals surface area contributed by atoms with E-state index in [4.69, 9.17) is 0 Å². The van der Waals surface area contributed by atoms with Crippen molar-refractivity contribution >= 4 is 36.6 Å². The largest absolute Gasteiger partial charge is 0.356 e. The average Bonchev–Trinajstić information content (AvgIpc) is 3.11. The number of imidazole rings is 1. The van der Waals surface area contributed by atoms with Crippen LogP contribution >= 0.6 is 24.8 Å². The van der Waals surface area contributed by atoms with Gasteiger partial charge in [0.2, 0.25) is 5.91 Å². The number of aromatic nitrogens is 2. The third-order valence-electron chi connectivity index (χ3n) is 5.83. The van der Waals surface area contributed by atoms with E-state index in [0.717, 1.165) is 51.3 Å². The maximum absolute atomic E-state index is 12.9. The summed E-state index contributed by atoms with van der Waals surface area (Å²) in [6.07, 6.45) is 5.27. The smallest absolute Gasteiger partial charge is 0.274 e. The minimum Gasteiger partial charge on any atom is -0.356 e. The summed E-state index contributed by atoms with van der Waals surface area (Å²) in [6, 6.07) is 0.211. The topological polar surface area (TPSA) is 79.3 Å². The lowest BCUT2D eigenvalue weighted by atomic mass is 9.89. The Morgan fingerprint density at radius 2 is 2.04 bits per heavy atom. The molecule has 0 unspecified atom stereocenters. The molecule has 2 fully saturated rings. The maximum atomic E-state index is 12.9. The first-order valence-corrected chi connectivity index (χ1v) is 8.92. The molecular weight excluding hydrogens is 377 g/mol. The number of carbonyl (C=O) groups excluding carboxylic acids is 2. The van der Waals surface area contributed by atoms with E-state index < -0.39 is 0 Å². The molecule has 0 aromatic carbocycles. The zero-order chi connectivity index (χ0) is 16.7. The SMILES string of the molecule is CN(C(=O)c1cn2c(n1)CCNCC2)[C@H]1C[C@H]2CC(=O)NC[C@H]2C1.Cl.Cl. The summed E-state index contributed by atoms with van der Waals surface area (Å²) in [4.78, 5) is 30.8. The third-order valence-corrected chi connectivity index (χ3v) is 5.83. The van der Waals surface area contributed by atoms with E-state index in [1.807, 2.05) is 18.1 Å². The predicted octanol–water partition coefficient (Wildman–Crippen LogP) is 0.859. The minimum atomic E-state index is 0. The number of hydrogen-bond acceptors (Lipinski definition) is 4. The van der Waals surface area contributed by atoms with Crippen LogP contribution in [0.5, 0.6) is 0 Å². The van der Waals surface area contributed by atoms with Crippen molar-refractivity contribution in [1.82, 2.24) is 25.1 Å².